The molecular formula is C28H37NO3. The normalized spacial score (nSPS) is 11.0. The molecule has 0 saturated heterocycles. The zero-order chi connectivity index (χ0) is 23.0. The van der Waals surface area contributed by atoms with Crippen LogP contribution in [0.25, 0.3) is 6.08 Å². The SMILES string of the molecule is CCCCCCCCCCCCC(=O)c1ccc(NC(=O)C=Cc2ccc(O)cc2)cc1. The number of aromatic hydroxyl groups is 1. The Morgan fingerprint density at radius 2 is 1.34 bits per heavy atom. The summed E-state index contributed by atoms with van der Waals surface area (Å²) in [5.74, 6) is 0.103. The van der Waals surface area contributed by atoms with Gasteiger partial charge in [0.05, 0.1) is 0 Å². The molecule has 0 spiro atoms. The molecule has 0 atom stereocenters. The van der Waals surface area contributed by atoms with Crippen molar-refractivity contribution in [3.05, 3.63) is 65.7 Å². The molecule has 0 unspecified atom stereocenters. The van der Waals surface area contributed by atoms with E-state index < -0.39 is 0 Å². The van der Waals surface area contributed by atoms with E-state index in [2.05, 4.69) is 12.2 Å². The van der Waals surface area contributed by atoms with Crippen molar-refractivity contribution in [3.63, 3.8) is 0 Å². The monoisotopic (exact) mass is 435 g/mol. The summed E-state index contributed by atoms with van der Waals surface area (Å²) >= 11 is 0. The molecule has 0 bridgehead atoms. The lowest BCUT2D eigenvalue weighted by atomic mass is 10.0. The summed E-state index contributed by atoms with van der Waals surface area (Å²) in [7, 11) is 0. The van der Waals surface area contributed by atoms with E-state index in [1.165, 1.54) is 57.4 Å². The Kier molecular flexibility index (Phi) is 11.9. The fraction of sp³-hybridized carbons (Fsp3) is 0.429. The number of benzene rings is 2. The van der Waals surface area contributed by atoms with E-state index >= 15 is 0 Å². The van der Waals surface area contributed by atoms with Crippen molar-refractivity contribution in [2.75, 3.05) is 5.32 Å². The van der Waals surface area contributed by atoms with E-state index in [0.29, 0.717) is 17.7 Å². The van der Waals surface area contributed by atoms with Gasteiger partial charge in [-0.2, -0.15) is 0 Å². The van der Waals surface area contributed by atoms with Gasteiger partial charge in [0.25, 0.3) is 0 Å². The highest BCUT2D eigenvalue weighted by Crippen LogP contribution is 2.15. The fourth-order valence-corrected chi connectivity index (χ4v) is 3.60. The molecular weight excluding hydrogens is 398 g/mol. The first-order chi connectivity index (χ1) is 15.6. The summed E-state index contributed by atoms with van der Waals surface area (Å²) in [5, 5.41) is 12.1. The summed E-state index contributed by atoms with van der Waals surface area (Å²) in [4.78, 5) is 24.5. The van der Waals surface area contributed by atoms with Crippen molar-refractivity contribution in [2.24, 2.45) is 0 Å². The summed E-state index contributed by atoms with van der Waals surface area (Å²) in [6.45, 7) is 2.24. The first-order valence-corrected chi connectivity index (χ1v) is 12.0. The number of ketones is 1. The molecule has 0 aliphatic rings. The number of hydrogen-bond acceptors (Lipinski definition) is 3. The van der Waals surface area contributed by atoms with Crippen molar-refractivity contribution in [3.8, 4) is 5.75 Å². The van der Waals surface area contributed by atoms with Crippen LogP contribution in [0.5, 0.6) is 5.75 Å². The number of hydrogen-bond donors (Lipinski definition) is 2. The van der Waals surface area contributed by atoms with Crippen LogP contribution in [0.1, 0.15) is 93.5 Å². The first kappa shape index (κ1) is 25.4. The zero-order valence-corrected chi connectivity index (χ0v) is 19.3. The second-order valence-electron chi connectivity index (χ2n) is 8.35. The molecule has 0 heterocycles. The molecule has 4 nitrogen and oxygen atoms in total. The predicted octanol–water partition coefficient (Wildman–Crippen LogP) is 7.54. The number of nitrogens with one attached hydrogen (secondary N) is 1. The number of anilines is 1. The lowest BCUT2D eigenvalue weighted by Gasteiger charge is -2.05. The van der Waals surface area contributed by atoms with Gasteiger partial charge in [-0.1, -0.05) is 76.8 Å². The third-order valence-corrected chi connectivity index (χ3v) is 5.55. The fourth-order valence-electron chi connectivity index (χ4n) is 3.60. The first-order valence-electron chi connectivity index (χ1n) is 12.0. The highest BCUT2D eigenvalue weighted by atomic mass is 16.3. The predicted molar refractivity (Wildman–Crippen MR) is 133 cm³/mol. The zero-order valence-electron chi connectivity index (χ0n) is 19.3. The van der Waals surface area contributed by atoms with Gasteiger partial charge in [0.1, 0.15) is 5.75 Å². The Morgan fingerprint density at radius 1 is 0.781 bits per heavy atom. The van der Waals surface area contributed by atoms with E-state index in [4.69, 9.17) is 0 Å². The Morgan fingerprint density at radius 3 is 1.94 bits per heavy atom. The highest BCUT2D eigenvalue weighted by molar-refractivity contribution is 6.02. The Balaban J connectivity index is 1.63. The van der Waals surface area contributed by atoms with Crippen LogP contribution in [0, 0.1) is 0 Å². The maximum absolute atomic E-state index is 12.4. The second kappa shape index (κ2) is 15.0. The van der Waals surface area contributed by atoms with E-state index in [0.717, 1.165) is 18.4 Å². The quantitative estimate of drug-likeness (QED) is 0.172. The van der Waals surface area contributed by atoms with Gasteiger partial charge in [0.15, 0.2) is 5.78 Å². The van der Waals surface area contributed by atoms with Gasteiger partial charge in [0, 0.05) is 23.7 Å². The van der Waals surface area contributed by atoms with E-state index in [9.17, 15) is 14.7 Å². The van der Waals surface area contributed by atoms with Gasteiger partial charge in [0.2, 0.25) is 5.91 Å². The van der Waals surface area contributed by atoms with Crippen LogP contribution in [0.4, 0.5) is 5.69 Å². The van der Waals surface area contributed by atoms with Crippen LogP contribution in [-0.2, 0) is 4.79 Å². The summed E-state index contributed by atoms with van der Waals surface area (Å²) in [5.41, 5.74) is 2.17. The minimum atomic E-state index is -0.248. The summed E-state index contributed by atoms with van der Waals surface area (Å²) in [6.07, 6.45) is 16.3. The van der Waals surface area contributed by atoms with Crippen LogP contribution in [-0.4, -0.2) is 16.8 Å². The molecule has 2 rings (SSSR count). The number of amides is 1. The average Bonchev–Trinajstić information content (AvgIpc) is 2.80. The van der Waals surface area contributed by atoms with Crippen molar-refractivity contribution in [1.29, 1.82) is 0 Å². The van der Waals surface area contributed by atoms with E-state index in [1.54, 1.807) is 54.6 Å². The molecule has 2 aromatic carbocycles. The Bertz CT molecular complexity index is 838. The molecule has 172 valence electrons. The van der Waals surface area contributed by atoms with Crippen LogP contribution < -0.4 is 5.32 Å². The third kappa shape index (κ3) is 10.4. The van der Waals surface area contributed by atoms with E-state index in [-0.39, 0.29) is 17.4 Å². The lowest BCUT2D eigenvalue weighted by molar-refractivity contribution is -0.111. The molecule has 0 radical (unpaired) electrons. The van der Waals surface area contributed by atoms with Gasteiger partial charge in [-0.25, -0.2) is 0 Å². The van der Waals surface area contributed by atoms with Crippen molar-refractivity contribution >= 4 is 23.5 Å². The number of carbonyl (C=O) groups is 2. The molecule has 1 amide bonds. The molecule has 2 N–H and O–H groups in total. The number of carbonyl (C=O) groups excluding carboxylic acids is 2. The molecule has 0 aromatic heterocycles. The van der Waals surface area contributed by atoms with Crippen molar-refractivity contribution < 1.29 is 14.7 Å². The second-order valence-corrected chi connectivity index (χ2v) is 8.35. The topological polar surface area (TPSA) is 66.4 Å². The minimum Gasteiger partial charge on any atom is -0.508 e. The summed E-state index contributed by atoms with van der Waals surface area (Å²) in [6, 6.07) is 13.7. The molecule has 0 aliphatic heterocycles. The lowest BCUT2D eigenvalue weighted by Crippen LogP contribution is -2.08. The van der Waals surface area contributed by atoms with Crippen LogP contribution in [0.15, 0.2) is 54.6 Å². The summed E-state index contributed by atoms with van der Waals surface area (Å²) < 4.78 is 0. The molecule has 2 aromatic rings. The smallest absolute Gasteiger partial charge is 0.248 e. The third-order valence-electron chi connectivity index (χ3n) is 5.55. The van der Waals surface area contributed by atoms with Crippen LogP contribution >= 0.6 is 0 Å². The average molecular weight is 436 g/mol. The van der Waals surface area contributed by atoms with Crippen molar-refractivity contribution in [1.82, 2.24) is 0 Å². The van der Waals surface area contributed by atoms with E-state index in [1.807, 2.05) is 0 Å². The standard InChI is InChI=1S/C28H37NO3/c1-2-3-4-5-6-7-8-9-10-11-12-27(31)24-16-18-25(19-17-24)29-28(32)22-15-23-13-20-26(30)21-14-23/h13-22,30H,2-12H2,1H3,(H,29,32). The van der Waals surface area contributed by atoms with Gasteiger partial charge in [-0.3, -0.25) is 9.59 Å². The molecule has 0 aliphatic carbocycles. The highest BCUT2D eigenvalue weighted by Gasteiger charge is 2.06. The Hall–Kier alpha value is -2.88. The Labute approximate surface area is 192 Å². The number of Topliss-reactive ketones (excluding diaryl/α,β-unsaturated/α-hetero) is 1. The van der Waals surface area contributed by atoms with Gasteiger partial charge in [-0.15, -0.1) is 0 Å². The van der Waals surface area contributed by atoms with Gasteiger partial charge in [-0.05, 0) is 54.5 Å². The van der Waals surface area contributed by atoms with Crippen LogP contribution in [0.2, 0.25) is 0 Å². The van der Waals surface area contributed by atoms with Crippen LogP contribution in [0.3, 0.4) is 0 Å². The maximum Gasteiger partial charge on any atom is 0.248 e. The van der Waals surface area contributed by atoms with Gasteiger partial charge < -0.3 is 10.4 Å². The molecule has 32 heavy (non-hydrogen) atoms. The molecule has 0 saturated carbocycles. The largest absolute Gasteiger partial charge is 0.508 e. The number of phenols is 1. The minimum absolute atomic E-state index is 0.162. The number of rotatable bonds is 15. The maximum atomic E-state index is 12.4. The van der Waals surface area contributed by atoms with Gasteiger partial charge >= 0.3 is 0 Å². The number of unbranched alkanes of at least 4 members (excludes halogenated alkanes) is 9. The molecule has 4 heteroatoms. The number of phenolic OH excluding ortho intramolecular Hbond substituents is 1. The molecule has 0 fully saturated rings. The van der Waals surface area contributed by atoms with Crippen molar-refractivity contribution in [2.45, 2.75) is 77.6 Å².